The summed E-state index contributed by atoms with van der Waals surface area (Å²) in [5, 5.41) is 3.68. The highest BCUT2D eigenvalue weighted by molar-refractivity contribution is 6.29. The molecule has 1 aromatic carbocycles. The molecular weight excluding hydrogens is 193 g/mol. The highest BCUT2D eigenvalue weighted by Gasteiger charge is 2.08. The van der Waals surface area contributed by atoms with E-state index in [-0.39, 0.29) is 11.0 Å². The van der Waals surface area contributed by atoms with E-state index in [9.17, 15) is 4.39 Å². The van der Waals surface area contributed by atoms with Gasteiger partial charge in [0, 0.05) is 6.07 Å². The summed E-state index contributed by atoms with van der Waals surface area (Å²) < 4.78 is 18.0. The molecule has 0 spiro atoms. The van der Waals surface area contributed by atoms with Gasteiger partial charge in [-0.15, -0.1) is 0 Å². The van der Waals surface area contributed by atoms with Crippen molar-refractivity contribution in [1.82, 2.24) is 5.16 Å². The minimum absolute atomic E-state index is 0.221. The van der Waals surface area contributed by atoms with Gasteiger partial charge < -0.3 is 4.52 Å². The van der Waals surface area contributed by atoms with Crippen molar-refractivity contribution in [2.24, 2.45) is 0 Å². The average Bonchev–Trinajstić information content (AvgIpc) is 2.53. The van der Waals surface area contributed by atoms with Gasteiger partial charge in [-0.2, -0.15) is 0 Å². The third kappa shape index (κ3) is 1.55. The molecule has 0 saturated heterocycles. The highest BCUT2D eigenvalue weighted by Crippen LogP contribution is 2.24. The lowest BCUT2D eigenvalue weighted by atomic mass is 10.2. The number of hydrogen-bond donors (Lipinski definition) is 0. The summed E-state index contributed by atoms with van der Waals surface area (Å²) in [6.45, 7) is 0. The third-order valence-corrected chi connectivity index (χ3v) is 1.80. The van der Waals surface area contributed by atoms with Gasteiger partial charge in [-0.05, 0) is 12.1 Å². The van der Waals surface area contributed by atoms with E-state index in [0.717, 1.165) is 0 Å². The van der Waals surface area contributed by atoms with Gasteiger partial charge in [0.05, 0.1) is 5.56 Å². The first-order valence-electron chi connectivity index (χ1n) is 3.64. The van der Waals surface area contributed by atoms with Gasteiger partial charge in [0.25, 0.3) is 0 Å². The van der Waals surface area contributed by atoms with Crippen molar-refractivity contribution in [3.63, 3.8) is 0 Å². The Labute approximate surface area is 78.9 Å². The second-order valence-corrected chi connectivity index (χ2v) is 2.88. The Bertz CT molecular complexity index is 427. The monoisotopic (exact) mass is 197 g/mol. The summed E-state index contributed by atoms with van der Waals surface area (Å²) in [6, 6.07) is 7.75. The summed E-state index contributed by atoms with van der Waals surface area (Å²) in [5.74, 6) is -0.0154. The van der Waals surface area contributed by atoms with E-state index < -0.39 is 0 Å². The van der Waals surface area contributed by atoms with Crippen molar-refractivity contribution in [1.29, 1.82) is 0 Å². The second-order valence-electron chi connectivity index (χ2n) is 2.49. The van der Waals surface area contributed by atoms with Crippen LogP contribution in [0.1, 0.15) is 0 Å². The van der Waals surface area contributed by atoms with E-state index >= 15 is 0 Å². The van der Waals surface area contributed by atoms with Crippen LogP contribution in [0.2, 0.25) is 5.15 Å². The summed E-state index contributed by atoms with van der Waals surface area (Å²) in [5.41, 5.74) is 0.363. The van der Waals surface area contributed by atoms with Gasteiger partial charge in [-0.1, -0.05) is 28.9 Å². The molecule has 0 unspecified atom stereocenters. The maximum Gasteiger partial charge on any atom is 0.172 e. The van der Waals surface area contributed by atoms with Crippen LogP contribution >= 0.6 is 11.6 Å². The Morgan fingerprint density at radius 2 is 2.08 bits per heavy atom. The Balaban J connectivity index is 2.52. The van der Waals surface area contributed by atoms with Crippen molar-refractivity contribution in [3.8, 4) is 11.3 Å². The van der Waals surface area contributed by atoms with E-state index in [4.69, 9.17) is 16.1 Å². The SMILES string of the molecule is Fc1ccccc1-c1cc(Cl)no1. The lowest BCUT2D eigenvalue weighted by Crippen LogP contribution is -1.79. The second kappa shape index (κ2) is 3.18. The normalized spacial score (nSPS) is 10.3. The molecule has 0 radical (unpaired) electrons. The molecule has 0 atom stereocenters. The number of nitrogens with zero attached hydrogens (tertiary/aromatic N) is 1. The topological polar surface area (TPSA) is 26.0 Å². The molecule has 0 aliphatic heterocycles. The maximum atomic E-state index is 13.2. The lowest BCUT2D eigenvalue weighted by Gasteiger charge is -1.95. The fourth-order valence-corrected chi connectivity index (χ4v) is 1.18. The average molecular weight is 198 g/mol. The fourth-order valence-electron chi connectivity index (χ4n) is 1.04. The quantitative estimate of drug-likeness (QED) is 0.702. The molecule has 0 amide bonds. The number of hydrogen-bond acceptors (Lipinski definition) is 2. The van der Waals surface area contributed by atoms with Crippen molar-refractivity contribution >= 4 is 11.6 Å². The van der Waals surface area contributed by atoms with Gasteiger partial charge >= 0.3 is 0 Å². The van der Waals surface area contributed by atoms with Crippen LogP contribution in [0.5, 0.6) is 0 Å². The van der Waals surface area contributed by atoms with Gasteiger partial charge in [-0.3, -0.25) is 0 Å². The number of halogens is 2. The minimum atomic E-state index is -0.352. The summed E-state index contributed by atoms with van der Waals surface area (Å²) in [6.07, 6.45) is 0. The third-order valence-electron chi connectivity index (χ3n) is 1.62. The van der Waals surface area contributed by atoms with Crippen molar-refractivity contribution in [3.05, 3.63) is 41.3 Å². The van der Waals surface area contributed by atoms with Crippen molar-refractivity contribution in [2.75, 3.05) is 0 Å². The molecule has 0 bridgehead atoms. The largest absolute Gasteiger partial charge is 0.355 e. The minimum Gasteiger partial charge on any atom is -0.355 e. The Kier molecular flexibility index (Phi) is 2.02. The van der Waals surface area contributed by atoms with Crippen LogP contribution in [0.25, 0.3) is 11.3 Å². The van der Waals surface area contributed by atoms with E-state index in [1.165, 1.54) is 12.1 Å². The molecule has 2 nitrogen and oxygen atoms in total. The number of rotatable bonds is 1. The standard InChI is InChI=1S/C9H5ClFNO/c10-9-5-8(13-12-9)6-3-1-2-4-7(6)11/h1-5H. The molecule has 2 rings (SSSR count). The molecule has 66 valence electrons. The predicted octanol–water partition coefficient (Wildman–Crippen LogP) is 3.13. The molecule has 0 saturated carbocycles. The van der Waals surface area contributed by atoms with Gasteiger partial charge in [-0.25, -0.2) is 4.39 Å². The summed E-state index contributed by atoms with van der Waals surface area (Å²) in [7, 11) is 0. The van der Waals surface area contributed by atoms with E-state index in [0.29, 0.717) is 11.3 Å². The molecule has 0 N–H and O–H groups in total. The Hall–Kier alpha value is -1.35. The van der Waals surface area contributed by atoms with E-state index in [2.05, 4.69) is 5.16 Å². The maximum absolute atomic E-state index is 13.2. The van der Waals surface area contributed by atoms with Gasteiger partial charge in [0.15, 0.2) is 10.9 Å². The first kappa shape index (κ1) is 8.26. The summed E-state index contributed by atoms with van der Waals surface area (Å²) in [4.78, 5) is 0. The Morgan fingerprint density at radius 3 is 2.69 bits per heavy atom. The molecule has 4 heteroatoms. The molecule has 0 aliphatic rings. The highest BCUT2D eigenvalue weighted by atomic mass is 35.5. The predicted molar refractivity (Wildman–Crippen MR) is 46.9 cm³/mol. The van der Waals surface area contributed by atoms with Crippen LogP contribution < -0.4 is 0 Å². The molecule has 1 aromatic heterocycles. The van der Waals surface area contributed by atoms with Gasteiger partial charge in [0.2, 0.25) is 0 Å². The zero-order chi connectivity index (χ0) is 9.26. The van der Waals surface area contributed by atoms with Crippen LogP contribution in [-0.2, 0) is 0 Å². The zero-order valence-corrected chi connectivity index (χ0v) is 7.25. The lowest BCUT2D eigenvalue weighted by molar-refractivity contribution is 0.430. The van der Waals surface area contributed by atoms with E-state index in [1.807, 2.05) is 0 Å². The van der Waals surface area contributed by atoms with Crippen LogP contribution in [0.15, 0.2) is 34.9 Å². The van der Waals surface area contributed by atoms with Crippen LogP contribution in [0, 0.1) is 5.82 Å². The summed E-state index contributed by atoms with van der Waals surface area (Å²) >= 11 is 5.54. The zero-order valence-electron chi connectivity index (χ0n) is 6.50. The molecular formula is C9H5ClFNO. The number of aromatic nitrogens is 1. The smallest absolute Gasteiger partial charge is 0.172 e. The molecule has 1 heterocycles. The molecule has 13 heavy (non-hydrogen) atoms. The van der Waals surface area contributed by atoms with Crippen LogP contribution in [-0.4, -0.2) is 5.16 Å². The van der Waals surface area contributed by atoms with Gasteiger partial charge in [0.1, 0.15) is 5.82 Å². The Morgan fingerprint density at radius 1 is 1.31 bits per heavy atom. The van der Waals surface area contributed by atoms with Crippen molar-refractivity contribution < 1.29 is 8.91 Å². The van der Waals surface area contributed by atoms with E-state index in [1.54, 1.807) is 18.2 Å². The first-order valence-corrected chi connectivity index (χ1v) is 4.02. The molecule has 0 aliphatic carbocycles. The van der Waals surface area contributed by atoms with Crippen LogP contribution in [0.3, 0.4) is 0 Å². The fraction of sp³-hybridized carbons (Fsp3) is 0. The number of benzene rings is 1. The first-order chi connectivity index (χ1) is 6.27. The molecule has 0 fully saturated rings. The van der Waals surface area contributed by atoms with Crippen molar-refractivity contribution in [2.45, 2.75) is 0 Å². The molecule has 2 aromatic rings. The van der Waals surface area contributed by atoms with Crippen LogP contribution in [0.4, 0.5) is 4.39 Å².